The SMILES string of the molecule is CC1(C)c2ccccc2-c2ccc(-c3cccc(-c4ccc(-c5cc(-c6cccc7c6-c6cc8ccccc8cc6C7(C)C)nc(-c6ccccc6)n5)c5ccccc45)c3)cc21. The Kier molecular flexibility index (Phi) is 7.96. The maximum Gasteiger partial charge on any atom is 0.160 e. The zero-order valence-corrected chi connectivity index (χ0v) is 35.4. The van der Waals surface area contributed by atoms with Crippen LogP contribution in [0, 0.1) is 0 Å². The van der Waals surface area contributed by atoms with Crippen molar-refractivity contribution in [1.82, 2.24) is 9.97 Å². The monoisotopic (exact) mass is 792 g/mol. The van der Waals surface area contributed by atoms with Crippen LogP contribution in [0.4, 0.5) is 0 Å². The van der Waals surface area contributed by atoms with Gasteiger partial charge < -0.3 is 0 Å². The first-order chi connectivity index (χ1) is 30.2. The summed E-state index contributed by atoms with van der Waals surface area (Å²) in [5.74, 6) is 0.716. The van der Waals surface area contributed by atoms with E-state index < -0.39 is 0 Å². The molecular weight excluding hydrogens is 749 g/mol. The molecule has 0 radical (unpaired) electrons. The maximum absolute atomic E-state index is 5.37. The van der Waals surface area contributed by atoms with E-state index in [2.05, 4.69) is 216 Å². The van der Waals surface area contributed by atoms with Gasteiger partial charge in [-0.15, -0.1) is 0 Å². The highest BCUT2D eigenvalue weighted by Gasteiger charge is 2.38. The molecule has 9 aromatic carbocycles. The third-order valence-corrected chi connectivity index (χ3v) is 13.9. The Hall–Kier alpha value is -7.42. The number of benzene rings is 9. The lowest BCUT2D eigenvalue weighted by Gasteiger charge is -2.22. The fourth-order valence-corrected chi connectivity index (χ4v) is 10.6. The summed E-state index contributed by atoms with van der Waals surface area (Å²) in [4.78, 5) is 10.7. The van der Waals surface area contributed by atoms with Gasteiger partial charge in [-0.3, -0.25) is 0 Å². The first kappa shape index (κ1) is 36.4. The fraction of sp³-hybridized carbons (Fsp3) is 0.100. The molecule has 1 heterocycles. The lowest BCUT2D eigenvalue weighted by molar-refractivity contribution is 0.660. The van der Waals surface area contributed by atoms with Gasteiger partial charge in [0.2, 0.25) is 0 Å². The van der Waals surface area contributed by atoms with E-state index in [9.17, 15) is 0 Å². The number of hydrogen-bond donors (Lipinski definition) is 0. The normalized spacial score (nSPS) is 14.1. The van der Waals surface area contributed by atoms with Crippen LogP contribution in [0.2, 0.25) is 0 Å². The summed E-state index contributed by atoms with van der Waals surface area (Å²) in [7, 11) is 0. The van der Waals surface area contributed by atoms with Gasteiger partial charge >= 0.3 is 0 Å². The van der Waals surface area contributed by atoms with Crippen LogP contribution in [-0.4, -0.2) is 9.97 Å². The first-order valence-electron chi connectivity index (χ1n) is 21.7. The molecule has 1 aromatic heterocycles. The number of hydrogen-bond acceptors (Lipinski definition) is 2. The van der Waals surface area contributed by atoms with Crippen LogP contribution in [0.15, 0.2) is 194 Å². The quantitative estimate of drug-likeness (QED) is 0.173. The molecule has 12 rings (SSSR count). The van der Waals surface area contributed by atoms with Crippen LogP contribution < -0.4 is 0 Å². The molecule has 0 spiro atoms. The molecule has 0 saturated heterocycles. The van der Waals surface area contributed by atoms with Crippen molar-refractivity contribution in [2.24, 2.45) is 0 Å². The van der Waals surface area contributed by atoms with Crippen molar-refractivity contribution in [1.29, 1.82) is 0 Å². The zero-order chi connectivity index (χ0) is 41.7. The second-order valence-electron chi connectivity index (χ2n) is 18.1. The predicted octanol–water partition coefficient (Wildman–Crippen LogP) is 15.7. The van der Waals surface area contributed by atoms with Gasteiger partial charge in [0.15, 0.2) is 5.82 Å². The minimum absolute atomic E-state index is 0.0522. The van der Waals surface area contributed by atoms with Crippen LogP contribution in [-0.2, 0) is 10.8 Å². The minimum atomic E-state index is -0.158. The van der Waals surface area contributed by atoms with Crippen LogP contribution in [0.3, 0.4) is 0 Å². The number of aromatic nitrogens is 2. The highest BCUT2D eigenvalue weighted by atomic mass is 14.9. The lowest BCUT2D eigenvalue weighted by atomic mass is 9.81. The molecule has 0 amide bonds. The summed E-state index contributed by atoms with van der Waals surface area (Å²) >= 11 is 0. The van der Waals surface area contributed by atoms with Crippen LogP contribution in [0.25, 0.3) is 100.0 Å². The molecule has 0 saturated carbocycles. The molecule has 2 aliphatic carbocycles. The Morgan fingerprint density at radius 3 is 1.66 bits per heavy atom. The summed E-state index contributed by atoms with van der Waals surface area (Å²) in [6.07, 6.45) is 0. The van der Waals surface area contributed by atoms with Crippen molar-refractivity contribution >= 4 is 21.5 Å². The molecule has 0 fully saturated rings. The second kappa shape index (κ2) is 13.5. The summed E-state index contributed by atoms with van der Waals surface area (Å²) in [5.41, 5.74) is 20.4. The van der Waals surface area contributed by atoms with Crippen molar-refractivity contribution in [2.75, 3.05) is 0 Å². The van der Waals surface area contributed by atoms with E-state index in [1.165, 1.54) is 82.9 Å². The topological polar surface area (TPSA) is 25.8 Å². The first-order valence-corrected chi connectivity index (χ1v) is 21.7. The number of nitrogens with zero attached hydrogens (tertiary/aromatic N) is 2. The average Bonchev–Trinajstić information content (AvgIpc) is 3.69. The predicted molar refractivity (Wildman–Crippen MR) is 259 cm³/mol. The zero-order valence-electron chi connectivity index (χ0n) is 35.4. The van der Waals surface area contributed by atoms with Crippen molar-refractivity contribution in [3.05, 3.63) is 216 Å². The minimum Gasteiger partial charge on any atom is -0.228 e. The van der Waals surface area contributed by atoms with E-state index in [1.807, 2.05) is 6.07 Å². The smallest absolute Gasteiger partial charge is 0.160 e. The molecule has 0 aliphatic heterocycles. The second-order valence-corrected chi connectivity index (χ2v) is 18.1. The van der Waals surface area contributed by atoms with E-state index in [0.717, 1.165) is 33.5 Å². The molecule has 0 atom stereocenters. The Morgan fingerprint density at radius 2 is 0.839 bits per heavy atom. The van der Waals surface area contributed by atoms with Gasteiger partial charge in [-0.05, 0) is 119 Å². The summed E-state index contributed by atoms with van der Waals surface area (Å²) in [6.45, 7) is 9.41. The molecule has 2 aliphatic rings. The van der Waals surface area contributed by atoms with Crippen LogP contribution in [0.5, 0.6) is 0 Å². The van der Waals surface area contributed by atoms with Gasteiger partial charge in [0.1, 0.15) is 0 Å². The molecule has 10 aromatic rings. The molecule has 0 unspecified atom stereocenters. The molecule has 294 valence electrons. The fourth-order valence-electron chi connectivity index (χ4n) is 10.6. The van der Waals surface area contributed by atoms with Gasteiger partial charge in [-0.1, -0.05) is 191 Å². The largest absolute Gasteiger partial charge is 0.228 e. The maximum atomic E-state index is 5.37. The van der Waals surface area contributed by atoms with Crippen LogP contribution in [0.1, 0.15) is 49.9 Å². The van der Waals surface area contributed by atoms with E-state index >= 15 is 0 Å². The van der Waals surface area contributed by atoms with Crippen molar-refractivity contribution in [3.8, 4) is 78.4 Å². The van der Waals surface area contributed by atoms with Crippen molar-refractivity contribution in [2.45, 2.75) is 38.5 Å². The molecule has 2 nitrogen and oxygen atoms in total. The van der Waals surface area contributed by atoms with Crippen LogP contribution >= 0.6 is 0 Å². The summed E-state index contributed by atoms with van der Waals surface area (Å²) < 4.78 is 0. The third kappa shape index (κ3) is 5.49. The highest BCUT2D eigenvalue weighted by molar-refractivity contribution is 6.06. The third-order valence-electron chi connectivity index (χ3n) is 13.9. The standard InChI is InChI=1S/C60H44N2/c1-59(2)51-26-13-12-24-46(51)47-29-28-41(35-53(47)59)38-20-14-21-42(32-38)43-30-31-48(45-23-11-10-22-44(43)45)55-36-56(62-58(61-55)37-16-6-5-7-17-37)49-25-15-27-52-57(49)50-33-39-18-8-9-19-40(39)34-54(50)60(52,3)4/h5-36H,1-4H3. The highest BCUT2D eigenvalue weighted by Crippen LogP contribution is 2.54. The summed E-state index contributed by atoms with van der Waals surface area (Å²) in [6, 6.07) is 71.1. The molecule has 0 bridgehead atoms. The Bertz CT molecular complexity index is 3460. The van der Waals surface area contributed by atoms with Crippen molar-refractivity contribution in [3.63, 3.8) is 0 Å². The van der Waals surface area contributed by atoms with E-state index in [4.69, 9.17) is 9.97 Å². The molecule has 62 heavy (non-hydrogen) atoms. The van der Waals surface area contributed by atoms with Gasteiger partial charge in [0, 0.05) is 27.5 Å². The molecule has 0 N–H and O–H groups in total. The van der Waals surface area contributed by atoms with E-state index in [0.29, 0.717) is 5.82 Å². The average molecular weight is 793 g/mol. The van der Waals surface area contributed by atoms with Gasteiger partial charge in [0.05, 0.1) is 11.4 Å². The Labute approximate surface area is 363 Å². The van der Waals surface area contributed by atoms with E-state index in [1.54, 1.807) is 0 Å². The van der Waals surface area contributed by atoms with E-state index in [-0.39, 0.29) is 10.8 Å². The van der Waals surface area contributed by atoms with Gasteiger partial charge in [-0.2, -0.15) is 0 Å². The summed E-state index contributed by atoms with van der Waals surface area (Å²) in [5, 5.41) is 4.87. The number of fused-ring (bicyclic) bond motifs is 8. The Balaban J connectivity index is 1.00. The van der Waals surface area contributed by atoms with Crippen molar-refractivity contribution < 1.29 is 0 Å². The molecular formula is C60H44N2. The Morgan fingerprint density at radius 1 is 0.306 bits per heavy atom. The lowest BCUT2D eigenvalue weighted by Crippen LogP contribution is -2.14. The van der Waals surface area contributed by atoms with Gasteiger partial charge in [-0.25, -0.2) is 9.97 Å². The van der Waals surface area contributed by atoms with Gasteiger partial charge in [0.25, 0.3) is 0 Å². The molecule has 2 heteroatoms. The number of rotatable bonds is 5.